The number of nitrogens with zero attached hydrogens (tertiary/aromatic N) is 2. The summed E-state index contributed by atoms with van der Waals surface area (Å²) in [5, 5.41) is 23.2. The normalized spacial score (nSPS) is 23.7. The fourth-order valence-corrected chi connectivity index (χ4v) is 5.32. The summed E-state index contributed by atoms with van der Waals surface area (Å²) in [6, 6.07) is 2.24. The fourth-order valence-electron chi connectivity index (χ4n) is 5.32. The topological polar surface area (TPSA) is 177 Å². The summed E-state index contributed by atoms with van der Waals surface area (Å²) < 4.78 is 30.4. The molecule has 2 aromatic rings. The third kappa shape index (κ3) is 9.14. The number of carbonyl (C=O) groups is 3. The van der Waals surface area contributed by atoms with Crippen LogP contribution in [0.2, 0.25) is 0 Å². The number of allylic oxidation sites excluding steroid dienone is 2. The number of alkyl carbamates (subject to hydrolysis) is 1. The molecule has 1 saturated heterocycles. The molecule has 2 fully saturated rings. The Hall–Kier alpha value is -3.71. The number of nitrogens with two attached hydrogens (primary N) is 1. The zero-order valence-corrected chi connectivity index (χ0v) is 24.7. The van der Waals surface area contributed by atoms with Crippen molar-refractivity contribution in [2.45, 2.75) is 95.7 Å². The highest BCUT2D eigenvalue weighted by molar-refractivity contribution is 5.80. The Morgan fingerprint density at radius 2 is 2.02 bits per heavy atom. The van der Waals surface area contributed by atoms with Gasteiger partial charge in [0.15, 0.2) is 5.58 Å². The number of aliphatic hydroxyl groups excluding tert-OH is 1. The maximum Gasteiger partial charge on any atom is 0.408 e. The quantitative estimate of drug-likeness (QED) is 0.184. The van der Waals surface area contributed by atoms with Crippen LogP contribution in [0.4, 0.5) is 9.18 Å². The van der Waals surface area contributed by atoms with Crippen LogP contribution in [0.3, 0.4) is 0 Å². The molecule has 1 aromatic heterocycles. The lowest BCUT2D eigenvalue weighted by molar-refractivity contribution is -0.138. The summed E-state index contributed by atoms with van der Waals surface area (Å²) in [4.78, 5) is 41.6. The first-order chi connectivity index (χ1) is 20.3. The number of aliphatic hydroxyl groups is 1. The number of unbranched alkanes of at least 4 members (excludes halogenated alkanes) is 3. The Morgan fingerprint density at radius 3 is 2.70 bits per heavy atom. The van der Waals surface area contributed by atoms with Gasteiger partial charge in [0.25, 0.3) is 0 Å². The van der Waals surface area contributed by atoms with Crippen LogP contribution in [0.15, 0.2) is 34.8 Å². The largest absolute Gasteiger partial charge is 0.481 e. The number of nitrogens with one attached hydrogen (secondary N) is 1. The molecule has 2 heterocycles. The molecule has 6 atom stereocenters. The summed E-state index contributed by atoms with van der Waals surface area (Å²) >= 11 is 0. The SMILES string of the molecule is CC(C)(C)OC(=O)N[C@@H](CCCCC/C=C\[C@@H]1C[C@@H]1C(=O)O)C(O)N1C[C@H](Oc2nc3cc(F)ccc3o2)C[C@H]1C(N)=O. The monoisotopic (exact) mass is 604 g/mol. The number of carboxylic acids is 1. The average molecular weight is 605 g/mol. The van der Waals surface area contributed by atoms with Crippen molar-refractivity contribution in [2.24, 2.45) is 17.6 Å². The highest BCUT2D eigenvalue weighted by Gasteiger charge is 2.43. The molecule has 236 valence electrons. The van der Waals surface area contributed by atoms with Gasteiger partial charge in [-0.05, 0) is 64.5 Å². The number of hydrogen-bond acceptors (Lipinski definition) is 9. The number of likely N-dealkylation sites (tertiary alicyclic amines) is 1. The van der Waals surface area contributed by atoms with Crippen LogP contribution in [0.1, 0.15) is 65.7 Å². The molecule has 5 N–H and O–H groups in total. The number of halogens is 1. The van der Waals surface area contributed by atoms with Crippen LogP contribution in [0.25, 0.3) is 11.1 Å². The maximum absolute atomic E-state index is 13.6. The van der Waals surface area contributed by atoms with Gasteiger partial charge in [0, 0.05) is 19.0 Å². The molecule has 0 spiro atoms. The van der Waals surface area contributed by atoms with E-state index in [-0.39, 0.29) is 36.4 Å². The van der Waals surface area contributed by atoms with Gasteiger partial charge in [0.1, 0.15) is 29.3 Å². The lowest BCUT2D eigenvalue weighted by Crippen LogP contribution is -2.56. The van der Waals surface area contributed by atoms with E-state index in [1.165, 1.54) is 23.1 Å². The van der Waals surface area contributed by atoms with E-state index in [0.717, 1.165) is 19.3 Å². The molecule has 12 nitrogen and oxygen atoms in total. The number of amides is 2. The molecule has 13 heteroatoms. The predicted octanol–water partition coefficient (Wildman–Crippen LogP) is 3.71. The number of hydrogen-bond donors (Lipinski definition) is 4. The van der Waals surface area contributed by atoms with Crippen molar-refractivity contribution in [1.82, 2.24) is 15.2 Å². The van der Waals surface area contributed by atoms with Gasteiger partial charge in [-0.25, -0.2) is 9.18 Å². The van der Waals surface area contributed by atoms with E-state index in [9.17, 15) is 23.9 Å². The number of aromatic nitrogens is 1. The zero-order valence-electron chi connectivity index (χ0n) is 24.7. The number of primary amides is 1. The number of fused-ring (bicyclic) bond motifs is 1. The maximum atomic E-state index is 13.6. The number of rotatable bonds is 14. The first-order valence-electron chi connectivity index (χ1n) is 14.7. The highest BCUT2D eigenvalue weighted by Crippen LogP contribution is 2.39. The van der Waals surface area contributed by atoms with Crippen molar-refractivity contribution in [1.29, 1.82) is 0 Å². The van der Waals surface area contributed by atoms with Crippen LogP contribution < -0.4 is 15.8 Å². The van der Waals surface area contributed by atoms with E-state index >= 15 is 0 Å². The van der Waals surface area contributed by atoms with Crippen LogP contribution in [-0.4, -0.2) is 74.6 Å². The molecule has 1 aromatic carbocycles. The van der Waals surface area contributed by atoms with Gasteiger partial charge in [0.2, 0.25) is 5.91 Å². The lowest BCUT2D eigenvalue weighted by atomic mass is 10.0. The number of benzene rings is 1. The van der Waals surface area contributed by atoms with E-state index in [0.29, 0.717) is 24.8 Å². The van der Waals surface area contributed by atoms with Gasteiger partial charge in [-0.15, -0.1) is 0 Å². The van der Waals surface area contributed by atoms with E-state index < -0.39 is 53.8 Å². The summed E-state index contributed by atoms with van der Waals surface area (Å²) in [6.07, 6.45) is 5.64. The Morgan fingerprint density at radius 1 is 1.26 bits per heavy atom. The average Bonchev–Trinajstić information content (AvgIpc) is 3.39. The van der Waals surface area contributed by atoms with Crippen LogP contribution in [-0.2, 0) is 14.3 Å². The standard InChI is InChI=1S/C30H41FN4O8/c1-30(2,3)43-28(40)33-21(10-8-6-4-5-7-9-17-13-20(17)27(38)39)26(37)35-16-19(15-23(35)25(32)36)41-29-34-22-14-18(31)11-12-24(22)42-29/h7,9,11-12,14,17,19-21,23,26,37H,4-6,8,10,13,15-16H2,1-3H3,(H2,32,36)(H,33,40)(H,38,39)/b9-7-/t17-,19-,20+,21+,23+,26?/m1/s1. The minimum Gasteiger partial charge on any atom is -0.481 e. The molecule has 1 aliphatic heterocycles. The van der Waals surface area contributed by atoms with Crippen molar-refractivity contribution in [3.63, 3.8) is 0 Å². The molecule has 0 radical (unpaired) electrons. The summed E-state index contributed by atoms with van der Waals surface area (Å²) in [5.74, 6) is -2.03. The molecule has 1 saturated carbocycles. The smallest absolute Gasteiger partial charge is 0.408 e. The van der Waals surface area contributed by atoms with Crippen molar-refractivity contribution in [3.8, 4) is 6.08 Å². The molecular weight excluding hydrogens is 563 g/mol. The molecule has 0 bridgehead atoms. The Balaban J connectivity index is 1.36. The second-order valence-electron chi connectivity index (χ2n) is 12.3. The lowest BCUT2D eigenvalue weighted by Gasteiger charge is -2.34. The summed E-state index contributed by atoms with van der Waals surface area (Å²) in [6.45, 7) is 5.30. The Labute approximate surface area is 249 Å². The van der Waals surface area contributed by atoms with Gasteiger partial charge in [-0.2, -0.15) is 4.98 Å². The molecule has 43 heavy (non-hydrogen) atoms. The first kappa shape index (κ1) is 32.2. The Kier molecular flexibility index (Phi) is 10.3. The number of aliphatic carboxylic acids is 1. The molecule has 1 aliphatic carbocycles. The van der Waals surface area contributed by atoms with Gasteiger partial charge < -0.3 is 35.2 Å². The third-order valence-electron chi connectivity index (χ3n) is 7.55. The van der Waals surface area contributed by atoms with E-state index in [4.69, 9.17) is 24.7 Å². The molecule has 2 aliphatic rings. The van der Waals surface area contributed by atoms with Crippen molar-refractivity contribution < 1.29 is 42.9 Å². The fraction of sp³-hybridized carbons (Fsp3) is 0.600. The second kappa shape index (κ2) is 13.7. The predicted molar refractivity (Wildman–Crippen MR) is 153 cm³/mol. The van der Waals surface area contributed by atoms with Gasteiger partial charge in [-0.3, -0.25) is 14.5 Å². The summed E-state index contributed by atoms with van der Waals surface area (Å²) in [7, 11) is 0. The van der Waals surface area contributed by atoms with Crippen LogP contribution in [0, 0.1) is 17.7 Å². The summed E-state index contributed by atoms with van der Waals surface area (Å²) in [5.41, 5.74) is 5.55. The molecule has 1 unspecified atom stereocenters. The number of carboxylic acid groups (broad SMARTS) is 1. The van der Waals surface area contributed by atoms with Crippen LogP contribution >= 0.6 is 0 Å². The van der Waals surface area contributed by atoms with E-state index in [1.807, 2.05) is 12.2 Å². The second-order valence-corrected chi connectivity index (χ2v) is 12.3. The van der Waals surface area contributed by atoms with Gasteiger partial charge in [-0.1, -0.05) is 25.0 Å². The number of oxazole rings is 1. The van der Waals surface area contributed by atoms with Crippen molar-refractivity contribution >= 4 is 29.1 Å². The molecule has 2 amide bonds. The minimum absolute atomic E-state index is 0.0946. The minimum atomic E-state index is -1.28. The molecule has 4 rings (SSSR count). The zero-order chi connectivity index (χ0) is 31.3. The Bertz CT molecular complexity index is 1320. The van der Waals surface area contributed by atoms with Crippen molar-refractivity contribution in [3.05, 3.63) is 36.2 Å². The van der Waals surface area contributed by atoms with E-state index in [2.05, 4.69) is 10.3 Å². The first-order valence-corrected chi connectivity index (χ1v) is 14.7. The van der Waals surface area contributed by atoms with Crippen LogP contribution in [0.5, 0.6) is 6.08 Å². The molecular formula is C30H41FN4O8. The number of ether oxygens (including phenoxy) is 2. The van der Waals surface area contributed by atoms with E-state index in [1.54, 1.807) is 20.8 Å². The highest BCUT2D eigenvalue weighted by atomic mass is 19.1. The van der Waals surface area contributed by atoms with Gasteiger partial charge in [0.05, 0.1) is 18.0 Å². The van der Waals surface area contributed by atoms with Crippen molar-refractivity contribution in [2.75, 3.05) is 6.54 Å². The third-order valence-corrected chi connectivity index (χ3v) is 7.55. The van der Waals surface area contributed by atoms with Gasteiger partial charge >= 0.3 is 18.1 Å². The number of carbonyl (C=O) groups excluding carboxylic acids is 2.